The molecular formula is C24H19ClN2O3. The third kappa shape index (κ3) is 4.36. The van der Waals surface area contributed by atoms with Gasteiger partial charge < -0.3 is 9.15 Å². The highest BCUT2D eigenvalue weighted by Crippen LogP contribution is 2.22. The SMILES string of the molecule is C/C(=N\NC(=O)c1ccccc1OCc1ccccc1Cl)c1cc2ccccc2o1. The third-order valence-corrected chi connectivity index (χ3v) is 4.95. The van der Waals surface area contributed by atoms with Gasteiger partial charge in [0, 0.05) is 16.0 Å². The van der Waals surface area contributed by atoms with E-state index in [1.165, 1.54) is 0 Å². The van der Waals surface area contributed by atoms with Crippen LogP contribution in [-0.2, 0) is 6.61 Å². The Morgan fingerprint density at radius 2 is 1.77 bits per heavy atom. The maximum absolute atomic E-state index is 12.7. The number of nitrogens with zero attached hydrogens (tertiary/aromatic N) is 1. The largest absolute Gasteiger partial charge is 0.488 e. The van der Waals surface area contributed by atoms with E-state index in [-0.39, 0.29) is 12.5 Å². The van der Waals surface area contributed by atoms with E-state index in [0.717, 1.165) is 16.5 Å². The van der Waals surface area contributed by atoms with Crippen LogP contribution >= 0.6 is 11.6 Å². The van der Waals surface area contributed by atoms with Gasteiger partial charge in [-0.2, -0.15) is 5.10 Å². The molecule has 30 heavy (non-hydrogen) atoms. The highest BCUT2D eigenvalue weighted by Gasteiger charge is 2.13. The standard InChI is InChI=1S/C24H19ClN2O3/c1-16(23-14-17-8-3-6-12-21(17)30-23)26-27-24(28)19-10-4-7-13-22(19)29-15-18-9-2-5-11-20(18)25/h2-14H,15H2,1H3,(H,27,28)/b26-16+. The average Bonchev–Trinajstić information content (AvgIpc) is 3.21. The Kier molecular flexibility index (Phi) is 5.82. The normalized spacial score (nSPS) is 11.5. The number of benzene rings is 3. The molecule has 4 rings (SSSR count). The van der Waals surface area contributed by atoms with E-state index in [2.05, 4.69) is 10.5 Å². The van der Waals surface area contributed by atoms with Crippen molar-refractivity contribution in [2.75, 3.05) is 0 Å². The molecule has 0 atom stereocenters. The van der Waals surface area contributed by atoms with Gasteiger partial charge >= 0.3 is 0 Å². The van der Waals surface area contributed by atoms with E-state index in [4.69, 9.17) is 20.8 Å². The van der Waals surface area contributed by atoms with Crippen molar-refractivity contribution in [3.63, 3.8) is 0 Å². The van der Waals surface area contributed by atoms with Crippen LogP contribution in [-0.4, -0.2) is 11.6 Å². The van der Waals surface area contributed by atoms with Crippen LogP contribution in [0, 0.1) is 0 Å². The van der Waals surface area contributed by atoms with E-state index in [1.54, 1.807) is 31.2 Å². The maximum atomic E-state index is 12.7. The summed E-state index contributed by atoms with van der Waals surface area (Å²) in [6.07, 6.45) is 0. The number of carbonyl (C=O) groups is 1. The summed E-state index contributed by atoms with van der Waals surface area (Å²) in [6.45, 7) is 2.03. The van der Waals surface area contributed by atoms with Crippen LogP contribution in [0.5, 0.6) is 5.75 Å². The van der Waals surface area contributed by atoms with Crippen molar-refractivity contribution in [3.8, 4) is 5.75 Å². The predicted octanol–water partition coefficient (Wildman–Crippen LogP) is 5.82. The minimum atomic E-state index is -0.375. The molecule has 3 aromatic carbocycles. The van der Waals surface area contributed by atoms with Crippen LogP contribution in [0.3, 0.4) is 0 Å². The fraction of sp³-hybridized carbons (Fsp3) is 0.0833. The molecule has 4 aromatic rings. The first kappa shape index (κ1) is 19.7. The average molecular weight is 419 g/mol. The molecule has 5 nitrogen and oxygen atoms in total. The second-order valence-electron chi connectivity index (χ2n) is 6.66. The first-order valence-electron chi connectivity index (χ1n) is 9.40. The lowest BCUT2D eigenvalue weighted by molar-refractivity contribution is 0.0950. The smallest absolute Gasteiger partial charge is 0.275 e. The van der Waals surface area contributed by atoms with Crippen LogP contribution in [0.4, 0.5) is 0 Å². The van der Waals surface area contributed by atoms with Gasteiger partial charge in [0.2, 0.25) is 0 Å². The summed E-state index contributed by atoms with van der Waals surface area (Å²) in [5.74, 6) is 0.673. The monoisotopic (exact) mass is 418 g/mol. The molecule has 0 spiro atoms. The molecule has 150 valence electrons. The maximum Gasteiger partial charge on any atom is 0.275 e. The topological polar surface area (TPSA) is 63.8 Å². The Balaban J connectivity index is 1.48. The Hall–Kier alpha value is -3.57. The molecule has 0 bridgehead atoms. The molecule has 0 saturated heterocycles. The summed E-state index contributed by atoms with van der Waals surface area (Å²) in [5, 5.41) is 5.78. The van der Waals surface area contributed by atoms with E-state index >= 15 is 0 Å². The number of para-hydroxylation sites is 2. The molecule has 0 saturated carbocycles. The number of hydrogen-bond acceptors (Lipinski definition) is 4. The first-order chi connectivity index (χ1) is 14.6. The van der Waals surface area contributed by atoms with Crippen LogP contribution < -0.4 is 10.2 Å². The molecule has 6 heteroatoms. The number of hydrazone groups is 1. The molecule has 0 radical (unpaired) electrons. The molecule has 1 N–H and O–H groups in total. The number of carbonyl (C=O) groups excluding carboxylic acids is 1. The van der Waals surface area contributed by atoms with E-state index in [9.17, 15) is 4.79 Å². The lowest BCUT2D eigenvalue weighted by atomic mass is 10.2. The molecule has 0 unspecified atom stereocenters. The van der Waals surface area contributed by atoms with Gasteiger partial charge in [0.1, 0.15) is 23.7 Å². The zero-order valence-electron chi connectivity index (χ0n) is 16.3. The second kappa shape index (κ2) is 8.84. The zero-order chi connectivity index (χ0) is 20.9. The number of ether oxygens (including phenoxy) is 1. The molecule has 0 aliphatic carbocycles. The number of amides is 1. The van der Waals surface area contributed by atoms with Crippen LogP contribution in [0.15, 0.2) is 88.4 Å². The molecule has 0 fully saturated rings. The van der Waals surface area contributed by atoms with Gasteiger partial charge in [-0.15, -0.1) is 0 Å². The first-order valence-corrected chi connectivity index (χ1v) is 9.78. The number of hydrogen-bond donors (Lipinski definition) is 1. The lowest BCUT2D eigenvalue weighted by Gasteiger charge is -2.11. The molecular weight excluding hydrogens is 400 g/mol. The second-order valence-corrected chi connectivity index (χ2v) is 7.07. The number of halogens is 1. The zero-order valence-corrected chi connectivity index (χ0v) is 17.0. The molecule has 0 aliphatic heterocycles. The van der Waals surface area contributed by atoms with E-state index in [1.807, 2.05) is 54.6 Å². The van der Waals surface area contributed by atoms with Gasteiger partial charge in [0.05, 0.1) is 5.56 Å². The van der Waals surface area contributed by atoms with Crippen LogP contribution in [0.25, 0.3) is 11.0 Å². The fourth-order valence-electron chi connectivity index (χ4n) is 2.96. The summed E-state index contributed by atoms with van der Waals surface area (Å²) in [6, 6.07) is 24.0. The van der Waals surface area contributed by atoms with Gasteiger partial charge in [-0.3, -0.25) is 4.79 Å². The Labute approximate surface area is 178 Å². The summed E-state index contributed by atoms with van der Waals surface area (Å²) in [5.41, 5.74) is 5.13. The van der Waals surface area contributed by atoms with Crippen molar-refractivity contribution in [2.45, 2.75) is 13.5 Å². The Bertz CT molecular complexity index is 1200. The quantitative estimate of drug-likeness (QED) is 0.317. The number of nitrogens with one attached hydrogen (secondary N) is 1. The molecule has 0 aliphatic rings. The van der Waals surface area contributed by atoms with Crippen molar-refractivity contribution in [1.29, 1.82) is 0 Å². The molecule has 1 heterocycles. The molecule has 1 aromatic heterocycles. The van der Waals surface area contributed by atoms with Crippen molar-refractivity contribution >= 4 is 34.2 Å². The van der Waals surface area contributed by atoms with Crippen LogP contribution in [0.2, 0.25) is 5.02 Å². The van der Waals surface area contributed by atoms with E-state index < -0.39 is 0 Å². The lowest BCUT2D eigenvalue weighted by Crippen LogP contribution is -2.20. The van der Waals surface area contributed by atoms with Crippen molar-refractivity contribution in [3.05, 3.63) is 101 Å². The Morgan fingerprint density at radius 1 is 1.03 bits per heavy atom. The fourth-order valence-corrected chi connectivity index (χ4v) is 3.15. The van der Waals surface area contributed by atoms with Crippen molar-refractivity contribution < 1.29 is 13.9 Å². The van der Waals surface area contributed by atoms with Gasteiger partial charge in [0.25, 0.3) is 5.91 Å². The Morgan fingerprint density at radius 3 is 2.60 bits per heavy atom. The predicted molar refractivity (Wildman–Crippen MR) is 118 cm³/mol. The van der Waals surface area contributed by atoms with Gasteiger partial charge in [0.15, 0.2) is 5.76 Å². The highest BCUT2D eigenvalue weighted by atomic mass is 35.5. The minimum absolute atomic E-state index is 0.255. The number of furan rings is 1. The number of fused-ring (bicyclic) bond motifs is 1. The highest BCUT2D eigenvalue weighted by molar-refractivity contribution is 6.31. The minimum Gasteiger partial charge on any atom is -0.488 e. The van der Waals surface area contributed by atoms with Gasteiger partial charge in [-0.25, -0.2) is 5.43 Å². The van der Waals surface area contributed by atoms with Crippen molar-refractivity contribution in [1.82, 2.24) is 5.43 Å². The van der Waals surface area contributed by atoms with Crippen LogP contribution in [0.1, 0.15) is 28.6 Å². The summed E-state index contributed by atoms with van der Waals surface area (Å²) in [7, 11) is 0. The van der Waals surface area contributed by atoms with E-state index in [0.29, 0.717) is 27.8 Å². The van der Waals surface area contributed by atoms with Gasteiger partial charge in [-0.05, 0) is 37.3 Å². The van der Waals surface area contributed by atoms with Gasteiger partial charge in [-0.1, -0.05) is 60.1 Å². The summed E-state index contributed by atoms with van der Waals surface area (Å²) < 4.78 is 11.6. The third-order valence-electron chi connectivity index (χ3n) is 4.58. The number of rotatable bonds is 6. The summed E-state index contributed by atoms with van der Waals surface area (Å²) >= 11 is 6.18. The summed E-state index contributed by atoms with van der Waals surface area (Å²) in [4.78, 5) is 12.7. The molecule has 1 amide bonds. The van der Waals surface area contributed by atoms with Crippen molar-refractivity contribution in [2.24, 2.45) is 5.10 Å².